The standard InChI is InChI=1S/C14H27N3O/c1-14(2,3)12(15)13(18)17-9-5-8-16-7-4-6-11(16)10-17/h11-12H,4-10,15H2,1-3H3/t11?,12-/m1/s1. The summed E-state index contributed by atoms with van der Waals surface area (Å²) in [4.78, 5) is 17.0. The molecule has 2 aliphatic rings. The number of carbonyl (C=O) groups excluding carboxylic acids is 1. The monoisotopic (exact) mass is 253 g/mol. The van der Waals surface area contributed by atoms with Crippen molar-refractivity contribution in [3.8, 4) is 0 Å². The second-order valence-electron chi connectivity index (χ2n) is 6.81. The molecule has 4 heteroatoms. The van der Waals surface area contributed by atoms with Crippen LogP contribution in [0.2, 0.25) is 0 Å². The van der Waals surface area contributed by atoms with Gasteiger partial charge < -0.3 is 10.6 Å². The Labute approximate surface area is 110 Å². The van der Waals surface area contributed by atoms with Crippen LogP contribution in [0.4, 0.5) is 0 Å². The Kier molecular flexibility index (Phi) is 3.97. The average Bonchev–Trinajstić information content (AvgIpc) is 2.63. The van der Waals surface area contributed by atoms with Crippen LogP contribution in [-0.2, 0) is 4.79 Å². The van der Waals surface area contributed by atoms with Crippen molar-refractivity contribution < 1.29 is 4.79 Å². The van der Waals surface area contributed by atoms with Gasteiger partial charge in [0.1, 0.15) is 0 Å². The summed E-state index contributed by atoms with van der Waals surface area (Å²) >= 11 is 0. The zero-order chi connectivity index (χ0) is 13.3. The normalized spacial score (nSPS) is 27.8. The molecule has 0 aliphatic carbocycles. The summed E-state index contributed by atoms with van der Waals surface area (Å²) in [5.74, 6) is 0.135. The van der Waals surface area contributed by atoms with Crippen LogP contribution in [0.1, 0.15) is 40.0 Å². The molecule has 2 atom stereocenters. The molecule has 2 N–H and O–H groups in total. The molecular weight excluding hydrogens is 226 g/mol. The fraction of sp³-hybridized carbons (Fsp3) is 0.929. The molecule has 0 spiro atoms. The molecule has 104 valence electrons. The molecule has 0 radical (unpaired) electrons. The molecular formula is C14H27N3O. The minimum absolute atomic E-state index is 0.135. The van der Waals surface area contributed by atoms with Crippen molar-refractivity contribution in [2.75, 3.05) is 26.2 Å². The lowest BCUT2D eigenvalue weighted by Gasteiger charge is -2.32. The Hall–Kier alpha value is -0.610. The third kappa shape index (κ3) is 2.86. The van der Waals surface area contributed by atoms with Gasteiger partial charge in [-0.05, 0) is 31.2 Å². The molecule has 2 saturated heterocycles. The molecule has 2 heterocycles. The highest BCUT2D eigenvalue weighted by atomic mass is 16.2. The molecule has 0 aromatic rings. The van der Waals surface area contributed by atoms with Gasteiger partial charge in [0.25, 0.3) is 0 Å². The highest BCUT2D eigenvalue weighted by Crippen LogP contribution is 2.24. The number of fused-ring (bicyclic) bond motifs is 1. The van der Waals surface area contributed by atoms with E-state index in [2.05, 4.69) is 4.90 Å². The number of rotatable bonds is 1. The van der Waals surface area contributed by atoms with Crippen LogP contribution in [0, 0.1) is 5.41 Å². The van der Waals surface area contributed by atoms with Gasteiger partial charge in [-0.15, -0.1) is 0 Å². The molecule has 4 nitrogen and oxygen atoms in total. The zero-order valence-corrected chi connectivity index (χ0v) is 12.0. The van der Waals surface area contributed by atoms with Gasteiger partial charge in [-0.2, -0.15) is 0 Å². The maximum Gasteiger partial charge on any atom is 0.240 e. The van der Waals surface area contributed by atoms with Gasteiger partial charge in [0.15, 0.2) is 0 Å². The van der Waals surface area contributed by atoms with E-state index >= 15 is 0 Å². The molecule has 2 rings (SSSR count). The first-order valence-electron chi connectivity index (χ1n) is 7.18. The van der Waals surface area contributed by atoms with E-state index < -0.39 is 0 Å². The van der Waals surface area contributed by atoms with Crippen LogP contribution >= 0.6 is 0 Å². The SMILES string of the molecule is CC(C)(C)[C@H](N)C(=O)N1CCCN2CCCC2C1. The lowest BCUT2D eigenvalue weighted by Crippen LogP contribution is -2.52. The third-order valence-electron chi connectivity index (χ3n) is 4.31. The second kappa shape index (κ2) is 5.17. The van der Waals surface area contributed by atoms with Crippen molar-refractivity contribution >= 4 is 5.91 Å². The smallest absolute Gasteiger partial charge is 0.240 e. The van der Waals surface area contributed by atoms with Gasteiger partial charge >= 0.3 is 0 Å². The van der Waals surface area contributed by atoms with Gasteiger partial charge in [0.2, 0.25) is 5.91 Å². The molecule has 0 aromatic carbocycles. The first-order valence-corrected chi connectivity index (χ1v) is 7.18. The zero-order valence-electron chi connectivity index (χ0n) is 12.0. The van der Waals surface area contributed by atoms with Gasteiger partial charge in [-0.25, -0.2) is 0 Å². The summed E-state index contributed by atoms with van der Waals surface area (Å²) in [6, 6.07) is 0.189. The summed E-state index contributed by atoms with van der Waals surface area (Å²) in [5, 5.41) is 0. The predicted molar refractivity (Wildman–Crippen MR) is 73.2 cm³/mol. The van der Waals surface area contributed by atoms with E-state index in [4.69, 9.17) is 5.73 Å². The van der Waals surface area contributed by atoms with Crippen LogP contribution in [-0.4, -0.2) is 54.0 Å². The van der Waals surface area contributed by atoms with Crippen LogP contribution < -0.4 is 5.73 Å². The van der Waals surface area contributed by atoms with Gasteiger partial charge in [-0.1, -0.05) is 20.8 Å². The molecule has 2 aliphatic heterocycles. The van der Waals surface area contributed by atoms with Crippen LogP contribution in [0.25, 0.3) is 0 Å². The maximum absolute atomic E-state index is 12.5. The van der Waals surface area contributed by atoms with E-state index in [0.29, 0.717) is 6.04 Å². The Bertz CT molecular complexity index is 311. The Balaban J connectivity index is 2.02. The lowest BCUT2D eigenvalue weighted by atomic mass is 9.86. The number of hydrogen-bond acceptors (Lipinski definition) is 3. The van der Waals surface area contributed by atoms with Crippen molar-refractivity contribution in [3.05, 3.63) is 0 Å². The van der Waals surface area contributed by atoms with Crippen molar-refractivity contribution in [1.29, 1.82) is 0 Å². The van der Waals surface area contributed by atoms with E-state index in [1.165, 1.54) is 19.4 Å². The van der Waals surface area contributed by atoms with Crippen LogP contribution in [0.3, 0.4) is 0 Å². The summed E-state index contributed by atoms with van der Waals surface area (Å²) in [6.07, 6.45) is 3.59. The fourth-order valence-electron chi connectivity index (χ4n) is 2.97. The molecule has 1 unspecified atom stereocenters. The van der Waals surface area contributed by atoms with E-state index in [1.807, 2.05) is 25.7 Å². The lowest BCUT2D eigenvalue weighted by molar-refractivity contribution is -0.135. The predicted octanol–water partition coefficient (Wildman–Crippen LogP) is 1.06. The Morgan fingerprint density at radius 1 is 1.22 bits per heavy atom. The molecule has 18 heavy (non-hydrogen) atoms. The van der Waals surface area contributed by atoms with Crippen LogP contribution in [0.5, 0.6) is 0 Å². The minimum atomic E-state index is -0.384. The van der Waals surface area contributed by atoms with Gasteiger partial charge in [0, 0.05) is 25.7 Å². The molecule has 1 amide bonds. The van der Waals surface area contributed by atoms with Crippen molar-refractivity contribution in [1.82, 2.24) is 9.80 Å². The Morgan fingerprint density at radius 3 is 2.56 bits per heavy atom. The van der Waals surface area contributed by atoms with E-state index in [9.17, 15) is 4.79 Å². The minimum Gasteiger partial charge on any atom is -0.340 e. The molecule has 0 aromatic heterocycles. The first kappa shape index (κ1) is 13.8. The number of hydrogen-bond donors (Lipinski definition) is 1. The Morgan fingerprint density at radius 2 is 1.89 bits per heavy atom. The number of nitrogens with zero attached hydrogens (tertiary/aromatic N) is 2. The second-order valence-corrected chi connectivity index (χ2v) is 6.81. The third-order valence-corrected chi connectivity index (χ3v) is 4.31. The van der Waals surface area contributed by atoms with E-state index in [1.54, 1.807) is 0 Å². The molecule has 0 bridgehead atoms. The number of nitrogens with two attached hydrogens (primary N) is 1. The highest BCUT2D eigenvalue weighted by Gasteiger charge is 2.35. The van der Waals surface area contributed by atoms with Gasteiger partial charge in [0.05, 0.1) is 6.04 Å². The summed E-state index contributed by atoms with van der Waals surface area (Å²) in [6.45, 7) is 10.2. The van der Waals surface area contributed by atoms with Crippen molar-refractivity contribution in [2.45, 2.75) is 52.1 Å². The summed E-state index contributed by atoms with van der Waals surface area (Å²) in [7, 11) is 0. The first-order chi connectivity index (χ1) is 8.39. The quantitative estimate of drug-likeness (QED) is 0.760. The summed E-state index contributed by atoms with van der Waals surface area (Å²) in [5.41, 5.74) is 5.95. The largest absolute Gasteiger partial charge is 0.340 e. The van der Waals surface area contributed by atoms with E-state index in [-0.39, 0.29) is 17.4 Å². The summed E-state index contributed by atoms with van der Waals surface area (Å²) < 4.78 is 0. The average molecular weight is 253 g/mol. The molecule has 2 fully saturated rings. The highest BCUT2D eigenvalue weighted by molar-refractivity contribution is 5.82. The van der Waals surface area contributed by atoms with Crippen molar-refractivity contribution in [3.63, 3.8) is 0 Å². The topological polar surface area (TPSA) is 49.6 Å². The van der Waals surface area contributed by atoms with Gasteiger partial charge in [-0.3, -0.25) is 9.69 Å². The van der Waals surface area contributed by atoms with E-state index in [0.717, 1.165) is 26.1 Å². The maximum atomic E-state index is 12.5. The molecule has 0 saturated carbocycles. The number of amides is 1. The van der Waals surface area contributed by atoms with Crippen molar-refractivity contribution in [2.24, 2.45) is 11.1 Å². The van der Waals surface area contributed by atoms with Crippen LogP contribution in [0.15, 0.2) is 0 Å². The fourth-order valence-corrected chi connectivity index (χ4v) is 2.97. The number of carbonyl (C=O) groups is 1.